The number of halogens is 1. The zero-order valence-electron chi connectivity index (χ0n) is 14.1. The maximum atomic E-state index is 12.0. The van der Waals surface area contributed by atoms with Crippen molar-refractivity contribution in [2.75, 3.05) is 13.7 Å². The number of hydrogen-bond acceptors (Lipinski definition) is 6. The molecule has 0 aliphatic heterocycles. The van der Waals surface area contributed by atoms with Gasteiger partial charge in [-0.3, -0.25) is 14.9 Å². The second kappa shape index (κ2) is 9.13. The number of hydrazone groups is 1. The minimum atomic E-state index is -0.527. The van der Waals surface area contributed by atoms with Gasteiger partial charge >= 0.3 is 0 Å². The zero-order chi connectivity index (χ0) is 19.1. The van der Waals surface area contributed by atoms with Gasteiger partial charge in [0.2, 0.25) is 0 Å². The smallest absolute Gasteiger partial charge is 0.271 e. The van der Waals surface area contributed by atoms with E-state index in [1.165, 1.54) is 30.5 Å². The van der Waals surface area contributed by atoms with Gasteiger partial charge in [0.15, 0.2) is 11.5 Å². The van der Waals surface area contributed by atoms with Crippen LogP contribution in [-0.2, 0) is 0 Å². The first-order valence-electron chi connectivity index (χ1n) is 7.54. The van der Waals surface area contributed by atoms with E-state index in [0.29, 0.717) is 18.1 Å². The first-order valence-corrected chi connectivity index (χ1v) is 8.62. The van der Waals surface area contributed by atoms with Crippen LogP contribution in [0.1, 0.15) is 22.8 Å². The highest BCUT2D eigenvalue weighted by Crippen LogP contribution is 2.33. The Balaban J connectivity index is 2.09. The highest BCUT2D eigenvalue weighted by atomic mass is 127. The Morgan fingerprint density at radius 2 is 2.04 bits per heavy atom. The highest BCUT2D eigenvalue weighted by Gasteiger charge is 2.11. The molecule has 0 atom stereocenters. The maximum absolute atomic E-state index is 12.0. The van der Waals surface area contributed by atoms with Crippen molar-refractivity contribution in [1.82, 2.24) is 5.43 Å². The summed E-state index contributed by atoms with van der Waals surface area (Å²) in [5, 5.41) is 14.5. The van der Waals surface area contributed by atoms with E-state index in [9.17, 15) is 14.9 Å². The number of benzene rings is 2. The van der Waals surface area contributed by atoms with Gasteiger partial charge in [-0.2, -0.15) is 5.10 Å². The first kappa shape index (κ1) is 19.6. The molecule has 0 aromatic heterocycles. The van der Waals surface area contributed by atoms with Crippen LogP contribution in [0.4, 0.5) is 5.69 Å². The van der Waals surface area contributed by atoms with Crippen molar-refractivity contribution in [2.24, 2.45) is 5.10 Å². The van der Waals surface area contributed by atoms with Gasteiger partial charge in [0, 0.05) is 17.7 Å². The molecular weight excluding hydrogens is 453 g/mol. The average molecular weight is 469 g/mol. The Labute approximate surface area is 163 Å². The average Bonchev–Trinajstić information content (AvgIpc) is 2.62. The van der Waals surface area contributed by atoms with Crippen molar-refractivity contribution in [3.8, 4) is 11.5 Å². The van der Waals surface area contributed by atoms with Crippen LogP contribution < -0.4 is 14.9 Å². The molecule has 0 aliphatic rings. The Bertz CT molecular complexity index is 837. The number of nitrogens with zero attached hydrogens (tertiary/aromatic N) is 2. The predicted octanol–water partition coefficient (Wildman–Crippen LogP) is 3.37. The van der Waals surface area contributed by atoms with Crippen molar-refractivity contribution < 1.29 is 19.2 Å². The number of carbonyl (C=O) groups excluding carboxylic acids is 1. The van der Waals surface area contributed by atoms with E-state index in [1.54, 1.807) is 13.2 Å². The molecule has 1 amide bonds. The summed E-state index contributed by atoms with van der Waals surface area (Å²) in [6, 6.07) is 8.85. The van der Waals surface area contributed by atoms with E-state index in [1.807, 2.05) is 13.0 Å². The van der Waals surface area contributed by atoms with E-state index >= 15 is 0 Å². The molecule has 0 fully saturated rings. The molecule has 26 heavy (non-hydrogen) atoms. The molecule has 2 aromatic carbocycles. The van der Waals surface area contributed by atoms with Crippen LogP contribution in [0.15, 0.2) is 41.5 Å². The molecule has 0 saturated heterocycles. The summed E-state index contributed by atoms with van der Waals surface area (Å²) < 4.78 is 11.7. The third-order valence-corrected chi connectivity index (χ3v) is 4.06. The van der Waals surface area contributed by atoms with Crippen molar-refractivity contribution in [1.29, 1.82) is 0 Å². The lowest BCUT2D eigenvalue weighted by molar-refractivity contribution is -0.384. The quantitative estimate of drug-likeness (QED) is 0.290. The molecule has 0 spiro atoms. The fourth-order valence-electron chi connectivity index (χ4n) is 2.09. The van der Waals surface area contributed by atoms with Crippen LogP contribution in [0.2, 0.25) is 0 Å². The van der Waals surface area contributed by atoms with Gasteiger partial charge in [0.05, 0.1) is 28.4 Å². The third-order valence-electron chi connectivity index (χ3n) is 3.26. The van der Waals surface area contributed by atoms with Gasteiger partial charge < -0.3 is 9.47 Å². The summed E-state index contributed by atoms with van der Waals surface area (Å²) in [4.78, 5) is 22.1. The molecule has 2 rings (SSSR count). The number of rotatable bonds is 7. The number of ether oxygens (including phenoxy) is 2. The summed E-state index contributed by atoms with van der Waals surface area (Å²) in [5.74, 6) is 0.758. The standard InChI is InChI=1S/C17H16IN3O5/c1-3-26-15-9-11(8-14(18)16(15)25-2)10-19-20-17(22)12-4-6-13(7-5-12)21(23)24/h4-10H,3H2,1-2H3,(H,20,22)/b19-10-. The van der Waals surface area contributed by atoms with Crippen molar-refractivity contribution in [2.45, 2.75) is 6.92 Å². The lowest BCUT2D eigenvalue weighted by atomic mass is 10.2. The second-order valence-corrected chi connectivity index (χ2v) is 6.13. The van der Waals surface area contributed by atoms with Crippen molar-refractivity contribution in [3.05, 3.63) is 61.2 Å². The molecule has 0 saturated carbocycles. The number of methoxy groups -OCH3 is 1. The molecule has 0 bridgehead atoms. The van der Waals surface area contributed by atoms with Crippen LogP contribution >= 0.6 is 22.6 Å². The van der Waals surface area contributed by atoms with Crippen LogP contribution in [0.25, 0.3) is 0 Å². The molecule has 9 heteroatoms. The Morgan fingerprint density at radius 1 is 1.35 bits per heavy atom. The molecule has 8 nitrogen and oxygen atoms in total. The fourth-order valence-corrected chi connectivity index (χ4v) is 2.93. The number of amides is 1. The molecule has 2 aromatic rings. The number of non-ortho nitro benzene ring substituents is 1. The van der Waals surface area contributed by atoms with Crippen molar-refractivity contribution in [3.63, 3.8) is 0 Å². The predicted molar refractivity (Wildman–Crippen MR) is 105 cm³/mol. The SMILES string of the molecule is CCOc1cc(/C=N\NC(=O)c2ccc([N+](=O)[O-])cc2)cc(I)c1OC. The summed E-state index contributed by atoms with van der Waals surface area (Å²) in [6.45, 7) is 2.36. The minimum absolute atomic E-state index is 0.0821. The zero-order valence-corrected chi connectivity index (χ0v) is 16.2. The van der Waals surface area contributed by atoms with Gasteiger partial charge in [0.1, 0.15) is 0 Å². The lowest BCUT2D eigenvalue weighted by Crippen LogP contribution is -2.17. The molecule has 0 heterocycles. The van der Waals surface area contributed by atoms with Crippen LogP contribution in [-0.4, -0.2) is 30.8 Å². The van der Waals surface area contributed by atoms with Gasteiger partial charge in [0.25, 0.3) is 11.6 Å². The molecule has 0 aliphatic carbocycles. The normalized spacial score (nSPS) is 10.6. The summed E-state index contributed by atoms with van der Waals surface area (Å²) in [6.07, 6.45) is 1.48. The number of hydrogen-bond donors (Lipinski definition) is 1. The molecule has 0 unspecified atom stereocenters. The maximum Gasteiger partial charge on any atom is 0.271 e. The molecule has 136 valence electrons. The van der Waals surface area contributed by atoms with Crippen LogP contribution in [0.5, 0.6) is 11.5 Å². The number of carbonyl (C=O) groups is 1. The lowest BCUT2D eigenvalue weighted by Gasteiger charge is -2.11. The third kappa shape index (κ3) is 4.91. The van der Waals surface area contributed by atoms with Crippen LogP contribution in [0.3, 0.4) is 0 Å². The monoisotopic (exact) mass is 469 g/mol. The van der Waals surface area contributed by atoms with E-state index in [0.717, 1.165) is 9.13 Å². The van der Waals surface area contributed by atoms with E-state index in [-0.39, 0.29) is 11.3 Å². The van der Waals surface area contributed by atoms with Gasteiger partial charge in [-0.15, -0.1) is 0 Å². The van der Waals surface area contributed by atoms with Gasteiger partial charge in [-0.05, 0) is 59.3 Å². The molecule has 1 N–H and O–H groups in total. The Hall–Kier alpha value is -2.69. The number of nitrogens with one attached hydrogen (secondary N) is 1. The highest BCUT2D eigenvalue weighted by molar-refractivity contribution is 14.1. The number of nitro benzene ring substituents is 1. The molecule has 0 radical (unpaired) electrons. The summed E-state index contributed by atoms with van der Waals surface area (Å²) >= 11 is 2.13. The summed E-state index contributed by atoms with van der Waals surface area (Å²) in [7, 11) is 1.57. The second-order valence-electron chi connectivity index (χ2n) is 4.97. The Morgan fingerprint density at radius 3 is 2.62 bits per heavy atom. The minimum Gasteiger partial charge on any atom is -0.492 e. The Kier molecular flexibility index (Phi) is 6.89. The van der Waals surface area contributed by atoms with Crippen molar-refractivity contribution >= 4 is 40.4 Å². The van der Waals surface area contributed by atoms with E-state index in [4.69, 9.17) is 9.47 Å². The van der Waals surface area contributed by atoms with Gasteiger partial charge in [-0.25, -0.2) is 5.43 Å². The van der Waals surface area contributed by atoms with E-state index < -0.39 is 10.8 Å². The molecular formula is C17H16IN3O5. The van der Waals surface area contributed by atoms with Gasteiger partial charge in [-0.1, -0.05) is 0 Å². The summed E-state index contributed by atoms with van der Waals surface area (Å²) in [5.41, 5.74) is 3.29. The fraction of sp³-hybridized carbons (Fsp3) is 0.176. The van der Waals surface area contributed by atoms with Crippen LogP contribution in [0, 0.1) is 13.7 Å². The largest absolute Gasteiger partial charge is 0.492 e. The first-order chi connectivity index (χ1) is 12.5. The number of nitro groups is 1. The topological polar surface area (TPSA) is 103 Å². The van der Waals surface area contributed by atoms with E-state index in [2.05, 4.69) is 33.1 Å².